The lowest BCUT2D eigenvalue weighted by molar-refractivity contribution is -0.139. The Hall–Kier alpha value is -2.58. The second-order valence-electron chi connectivity index (χ2n) is 7.53. The molecule has 0 fully saturated rings. The van der Waals surface area contributed by atoms with E-state index in [2.05, 4.69) is 15.5 Å². The van der Waals surface area contributed by atoms with E-state index >= 15 is 0 Å². The van der Waals surface area contributed by atoms with Crippen LogP contribution in [-0.2, 0) is 19.0 Å². The maximum atomic E-state index is 13.5. The number of alkyl halides is 3. The van der Waals surface area contributed by atoms with Gasteiger partial charge < -0.3 is 14.6 Å². The fourth-order valence-electron chi connectivity index (χ4n) is 3.51. The van der Waals surface area contributed by atoms with Crippen molar-refractivity contribution >= 4 is 12.4 Å². The van der Waals surface area contributed by atoms with Crippen molar-refractivity contribution in [2.45, 2.75) is 39.0 Å². The highest BCUT2D eigenvalue weighted by Gasteiger charge is 2.35. The van der Waals surface area contributed by atoms with E-state index in [1.807, 2.05) is 18.2 Å². The number of hydrogen-bond donors (Lipinski definition) is 1. The number of fused-ring (bicyclic) bond motifs is 1. The largest absolute Gasteiger partial charge is 0.490 e. The zero-order valence-electron chi connectivity index (χ0n) is 17.1. The first-order valence-corrected chi connectivity index (χ1v) is 9.86. The Bertz CT molecular complexity index is 1050. The summed E-state index contributed by atoms with van der Waals surface area (Å²) < 4.78 is 51.1. The fourth-order valence-corrected chi connectivity index (χ4v) is 3.51. The molecule has 1 N–H and O–H groups in total. The third-order valence-electron chi connectivity index (χ3n) is 4.93. The first kappa shape index (κ1) is 23.1. The highest BCUT2D eigenvalue weighted by Crippen LogP contribution is 2.39. The monoisotopic (exact) mass is 453 g/mol. The third-order valence-corrected chi connectivity index (χ3v) is 4.93. The molecule has 0 unspecified atom stereocenters. The summed E-state index contributed by atoms with van der Waals surface area (Å²) in [5.74, 6) is 0.157. The number of aromatic nitrogens is 2. The zero-order valence-corrected chi connectivity index (χ0v) is 17.9. The van der Waals surface area contributed by atoms with Gasteiger partial charge in [0.05, 0.1) is 11.7 Å². The molecule has 2 heterocycles. The SMILES string of the molecule is CC(C)Oc1ccc(-c2nc(-c3ccc4c(c3)CCNCC4)no2)cc1C(F)(F)F.Cl. The maximum Gasteiger partial charge on any atom is 0.419 e. The lowest BCUT2D eigenvalue weighted by Crippen LogP contribution is -2.16. The first-order valence-electron chi connectivity index (χ1n) is 9.86. The van der Waals surface area contributed by atoms with Gasteiger partial charge in [-0.2, -0.15) is 18.2 Å². The van der Waals surface area contributed by atoms with Crippen LogP contribution in [0, 0.1) is 0 Å². The van der Waals surface area contributed by atoms with E-state index in [1.54, 1.807) is 13.8 Å². The van der Waals surface area contributed by atoms with E-state index in [0.717, 1.165) is 37.6 Å². The summed E-state index contributed by atoms with van der Waals surface area (Å²) in [5.41, 5.74) is 2.60. The highest BCUT2D eigenvalue weighted by atomic mass is 35.5. The molecule has 3 aromatic rings. The molecule has 0 atom stereocenters. The molecule has 5 nitrogen and oxygen atoms in total. The average Bonchev–Trinajstić information content (AvgIpc) is 3.06. The van der Waals surface area contributed by atoms with Crippen molar-refractivity contribution in [3.8, 4) is 28.6 Å². The van der Waals surface area contributed by atoms with Crippen LogP contribution in [0.25, 0.3) is 22.8 Å². The molecule has 0 amide bonds. The minimum absolute atomic E-state index is 0. The van der Waals surface area contributed by atoms with E-state index < -0.39 is 11.7 Å². The van der Waals surface area contributed by atoms with Gasteiger partial charge in [-0.15, -0.1) is 12.4 Å². The summed E-state index contributed by atoms with van der Waals surface area (Å²) in [6.07, 6.45) is -3.08. The number of benzene rings is 2. The van der Waals surface area contributed by atoms with Crippen molar-refractivity contribution in [1.82, 2.24) is 15.5 Å². The Kier molecular flexibility index (Phi) is 6.91. The summed E-state index contributed by atoms with van der Waals surface area (Å²) in [5, 5.41) is 7.34. The van der Waals surface area contributed by atoms with Crippen LogP contribution in [0.4, 0.5) is 13.2 Å². The lowest BCUT2D eigenvalue weighted by atomic mass is 10.00. The molecule has 1 aromatic heterocycles. The average molecular weight is 454 g/mol. The summed E-state index contributed by atoms with van der Waals surface area (Å²) in [6, 6.07) is 9.76. The quantitative estimate of drug-likeness (QED) is 0.579. The Morgan fingerprint density at radius 2 is 1.71 bits per heavy atom. The fraction of sp³-hybridized carbons (Fsp3) is 0.364. The Morgan fingerprint density at radius 1 is 1.00 bits per heavy atom. The molecular weight excluding hydrogens is 431 g/mol. The van der Waals surface area contributed by atoms with Crippen LogP contribution in [0.2, 0.25) is 0 Å². The lowest BCUT2D eigenvalue weighted by Gasteiger charge is -2.16. The van der Waals surface area contributed by atoms with Crippen molar-refractivity contribution in [3.05, 3.63) is 53.1 Å². The number of ether oxygens (including phenoxy) is 1. The second kappa shape index (κ2) is 9.28. The van der Waals surface area contributed by atoms with Crippen LogP contribution in [0.5, 0.6) is 5.75 Å². The van der Waals surface area contributed by atoms with Gasteiger partial charge in [0.1, 0.15) is 5.75 Å². The zero-order chi connectivity index (χ0) is 21.3. The van der Waals surface area contributed by atoms with Crippen LogP contribution in [0.15, 0.2) is 40.9 Å². The molecule has 0 bridgehead atoms. The molecule has 0 saturated heterocycles. The second-order valence-corrected chi connectivity index (χ2v) is 7.53. The van der Waals surface area contributed by atoms with E-state index in [1.165, 1.54) is 23.3 Å². The predicted octanol–water partition coefficient (Wildman–Crippen LogP) is 5.32. The molecule has 9 heteroatoms. The summed E-state index contributed by atoms with van der Waals surface area (Å²) in [6.45, 7) is 5.19. The smallest absolute Gasteiger partial charge is 0.419 e. The molecule has 1 aliphatic heterocycles. The Balaban J connectivity index is 0.00000272. The molecule has 0 spiro atoms. The number of nitrogens with one attached hydrogen (secondary N) is 1. The van der Waals surface area contributed by atoms with Crippen molar-refractivity contribution in [3.63, 3.8) is 0 Å². The molecule has 31 heavy (non-hydrogen) atoms. The van der Waals surface area contributed by atoms with Gasteiger partial charge >= 0.3 is 6.18 Å². The number of hydrogen-bond acceptors (Lipinski definition) is 5. The molecule has 0 radical (unpaired) electrons. The first-order chi connectivity index (χ1) is 14.3. The van der Waals surface area contributed by atoms with Gasteiger partial charge in [0.15, 0.2) is 0 Å². The molecular formula is C22H23ClF3N3O2. The molecule has 0 saturated carbocycles. The van der Waals surface area contributed by atoms with Crippen molar-refractivity contribution in [2.75, 3.05) is 13.1 Å². The van der Waals surface area contributed by atoms with Crippen LogP contribution in [0.1, 0.15) is 30.5 Å². The van der Waals surface area contributed by atoms with E-state index in [9.17, 15) is 13.2 Å². The van der Waals surface area contributed by atoms with Gasteiger partial charge in [-0.3, -0.25) is 0 Å². The highest BCUT2D eigenvalue weighted by molar-refractivity contribution is 5.85. The normalized spacial score (nSPS) is 14.0. The van der Waals surface area contributed by atoms with Gasteiger partial charge in [0, 0.05) is 11.1 Å². The molecule has 166 valence electrons. The van der Waals surface area contributed by atoms with Crippen LogP contribution >= 0.6 is 12.4 Å². The topological polar surface area (TPSA) is 60.2 Å². The van der Waals surface area contributed by atoms with Crippen molar-refractivity contribution in [2.24, 2.45) is 0 Å². The van der Waals surface area contributed by atoms with Gasteiger partial charge in [-0.25, -0.2) is 0 Å². The van der Waals surface area contributed by atoms with Gasteiger partial charge in [-0.05, 0) is 75.2 Å². The molecule has 0 aliphatic carbocycles. The Morgan fingerprint density at radius 3 is 2.42 bits per heavy atom. The van der Waals surface area contributed by atoms with E-state index in [4.69, 9.17) is 9.26 Å². The summed E-state index contributed by atoms with van der Waals surface area (Å²) in [7, 11) is 0. The molecule has 1 aliphatic rings. The predicted molar refractivity (Wildman–Crippen MR) is 113 cm³/mol. The minimum Gasteiger partial charge on any atom is -0.490 e. The van der Waals surface area contributed by atoms with Crippen LogP contribution in [0.3, 0.4) is 0 Å². The summed E-state index contributed by atoms with van der Waals surface area (Å²) in [4.78, 5) is 4.34. The van der Waals surface area contributed by atoms with Gasteiger partial charge in [0.25, 0.3) is 5.89 Å². The maximum absolute atomic E-state index is 13.5. The molecule has 2 aromatic carbocycles. The van der Waals surface area contributed by atoms with Gasteiger partial charge in [0.2, 0.25) is 5.82 Å². The van der Waals surface area contributed by atoms with E-state index in [-0.39, 0.29) is 35.7 Å². The van der Waals surface area contributed by atoms with Crippen molar-refractivity contribution in [1.29, 1.82) is 0 Å². The number of halogens is 4. The Labute approximate surface area is 184 Å². The molecule has 4 rings (SSSR count). The van der Waals surface area contributed by atoms with Crippen LogP contribution in [-0.4, -0.2) is 29.3 Å². The number of nitrogens with zero attached hydrogens (tertiary/aromatic N) is 2. The standard InChI is InChI=1S/C22H22F3N3O2.ClH/c1-13(2)29-19-6-5-17(12-18(19)22(23,24)25)21-27-20(28-30-21)16-4-3-14-7-9-26-10-8-15(14)11-16;/h3-6,11-13,26H,7-10H2,1-2H3;1H. The number of rotatable bonds is 4. The van der Waals surface area contributed by atoms with Crippen molar-refractivity contribution < 1.29 is 22.4 Å². The van der Waals surface area contributed by atoms with E-state index in [0.29, 0.717) is 5.82 Å². The minimum atomic E-state index is -4.56. The summed E-state index contributed by atoms with van der Waals surface area (Å²) >= 11 is 0. The van der Waals surface area contributed by atoms with Crippen LogP contribution < -0.4 is 10.1 Å². The third kappa shape index (κ3) is 5.19. The van der Waals surface area contributed by atoms with Gasteiger partial charge in [-0.1, -0.05) is 17.3 Å².